The number of nitrogens with zero attached hydrogens (tertiary/aromatic N) is 2. The third-order valence-electron chi connectivity index (χ3n) is 5.53. The van der Waals surface area contributed by atoms with Gasteiger partial charge in [0.1, 0.15) is 5.56 Å². The summed E-state index contributed by atoms with van der Waals surface area (Å²) in [6.07, 6.45) is 5.65. The molecule has 1 aromatic carbocycles. The Bertz CT molecular complexity index is 1050. The van der Waals surface area contributed by atoms with E-state index in [1.54, 1.807) is 12.1 Å². The van der Waals surface area contributed by atoms with Crippen LogP contribution in [0.4, 0.5) is 0 Å². The second kappa shape index (κ2) is 7.52. The molecule has 1 fully saturated rings. The molecule has 1 aliphatic carbocycles. The van der Waals surface area contributed by atoms with Crippen LogP contribution in [0.5, 0.6) is 0 Å². The van der Waals surface area contributed by atoms with Gasteiger partial charge in [0.2, 0.25) is 10.0 Å². The molecule has 0 saturated carbocycles. The number of fused-ring (bicyclic) bond motifs is 1. The number of piperazine rings is 1. The van der Waals surface area contributed by atoms with Gasteiger partial charge in [0.15, 0.2) is 0 Å². The van der Waals surface area contributed by atoms with Crippen molar-refractivity contribution in [3.05, 3.63) is 63.6 Å². The Labute approximate surface area is 164 Å². The number of carbonyl (C=O) groups is 1. The van der Waals surface area contributed by atoms with E-state index in [2.05, 4.69) is 4.98 Å². The molecule has 0 bridgehead atoms. The molecular formula is C20H23N3O4S. The highest BCUT2D eigenvalue weighted by molar-refractivity contribution is 7.89. The molecule has 148 valence electrons. The molecule has 8 heteroatoms. The SMILES string of the molecule is O=C(c1ccc[nH]c1=O)N1CCN(S(=O)(=O)c2ccc3c(c2)CCCC3)CC1. The number of rotatable bonds is 3. The number of hydrogen-bond donors (Lipinski definition) is 1. The van der Waals surface area contributed by atoms with E-state index in [0.29, 0.717) is 4.90 Å². The highest BCUT2D eigenvalue weighted by atomic mass is 32.2. The van der Waals surface area contributed by atoms with Crippen LogP contribution in [0.1, 0.15) is 34.3 Å². The smallest absolute Gasteiger partial charge is 0.260 e. The van der Waals surface area contributed by atoms with Gasteiger partial charge in [-0.05, 0) is 61.1 Å². The minimum absolute atomic E-state index is 0.0773. The van der Waals surface area contributed by atoms with Crippen LogP contribution in [0.3, 0.4) is 0 Å². The molecule has 28 heavy (non-hydrogen) atoms. The second-order valence-electron chi connectivity index (χ2n) is 7.25. The Kier molecular flexibility index (Phi) is 5.07. The van der Waals surface area contributed by atoms with Gasteiger partial charge in [0, 0.05) is 32.4 Å². The van der Waals surface area contributed by atoms with Gasteiger partial charge in [0.25, 0.3) is 11.5 Å². The number of hydrogen-bond acceptors (Lipinski definition) is 4. The van der Waals surface area contributed by atoms with Crippen LogP contribution in [0.15, 0.2) is 46.2 Å². The predicted octanol–water partition coefficient (Wildman–Crippen LogP) is 1.40. The normalized spacial score (nSPS) is 17.9. The van der Waals surface area contributed by atoms with Crippen molar-refractivity contribution in [2.24, 2.45) is 0 Å². The molecule has 0 radical (unpaired) electrons. The summed E-state index contributed by atoms with van der Waals surface area (Å²) in [7, 11) is -3.59. The van der Waals surface area contributed by atoms with Crippen molar-refractivity contribution >= 4 is 15.9 Å². The topological polar surface area (TPSA) is 90.6 Å². The molecule has 1 amide bonds. The van der Waals surface area contributed by atoms with Crippen LogP contribution in [-0.4, -0.2) is 54.7 Å². The fourth-order valence-electron chi connectivity index (χ4n) is 3.91. The number of pyridine rings is 1. The molecule has 1 aromatic heterocycles. The number of benzene rings is 1. The molecule has 2 aliphatic rings. The molecule has 7 nitrogen and oxygen atoms in total. The van der Waals surface area contributed by atoms with E-state index in [1.165, 1.54) is 27.0 Å². The molecule has 2 aromatic rings. The van der Waals surface area contributed by atoms with Crippen molar-refractivity contribution in [2.75, 3.05) is 26.2 Å². The summed E-state index contributed by atoms with van der Waals surface area (Å²) < 4.78 is 27.5. The molecule has 1 aliphatic heterocycles. The summed E-state index contributed by atoms with van der Waals surface area (Å²) >= 11 is 0. The Hall–Kier alpha value is -2.45. The molecule has 4 rings (SSSR count). The number of sulfonamides is 1. The van der Waals surface area contributed by atoms with Gasteiger partial charge in [-0.2, -0.15) is 4.31 Å². The van der Waals surface area contributed by atoms with Gasteiger partial charge in [-0.1, -0.05) is 6.07 Å². The first-order valence-electron chi connectivity index (χ1n) is 9.56. The molecule has 1 N–H and O–H groups in total. The van der Waals surface area contributed by atoms with Crippen molar-refractivity contribution in [3.63, 3.8) is 0 Å². The van der Waals surface area contributed by atoms with Gasteiger partial charge >= 0.3 is 0 Å². The Morgan fingerprint density at radius 3 is 2.39 bits per heavy atom. The Morgan fingerprint density at radius 1 is 0.964 bits per heavy atom. The van der Waals surface area contributed by atoms with Gasteiger partial charge in [-0.3, -0.25) is 9.59 Å². The Balaban J connectivity index is 1.48. The van der Waals surface area contributed by atoms with Crippen molar-refractivity contribution in [2.45, 2.75) is 30.6 Å². The van der Waals surface area contributed by atoms with Crippen LogP contribution in [0, 0.1) is 0 Å². The minimum Gasteiger partial charge on any atom is -0.336 e. The van der Waals surface area contributed by atoms with E-state index >= 15 is 0 Å². The van der Waals surface area contributed by atoms with Gasteiger partial charge < -0.3 is 9.88 Å². The molecule has 0 spiro atoms. The van der Waals surface area contributed by atoms with E-state index in [-0.39, 0.29) is 37.6 Å². The number of amides is 1. The third-order valence-corrected chi connectivity index (χ3v) is 7.43. The van der Waals surface area contributed by atoms with E-state index in [0.717, 1.165) is 31.2 Å². The van der Waals surface area contributed by atoms with Crippen molar-refractivity contribution in [1.29, 1.82) is 0 Å². The number of carbonyl (C=O) groups excluding carboxylic acids is 1. The number of aryl methyl sites for hydroxylation is 2. The maximum absolute atomic E-state index is 13.0. The van der Waals surface area contributed by atoms with Crippen molar-refractivity contribution < 1.29 is 13.2 Å². The summed E-state index contributed by atoms with van der Waals surface area (Å²) in [5.41, 5.74) is 2.02. The average molecular weight is 401 g/mol. The fourth-order valence-corrected chi connectivity index (χ4v) is 5.38. The van der Waals surface area contributed by atoms with E-state index in [9.17, 15) is 18.0 Å². The number of H-pyrrole nitrogens is 1. The monoisotopic (exact) mass is 401 g/mol. The lowest BCUT2D eigenvalue weighted by Crippen LogP contribution is -2.51. The maximum atomic E-state index is 13.0. The molecular weight excluding hydrogens is 378 g/mol. The minimum atomic E-state index is -3.59. The highest BCUT2D eigenvalue weighted by Crippen LogP contribution is 2.26. The zero-order valence-electron chi connectivity index (χ0n) is 15.6. The fraction of sp³-hybridized carbons (Fsp3) is 0.400. The highest BCUT2D eigenvalue weighted by Gasteiger charge is 2.31. The van der Waals surface area contributed by atoms with E-state index < -0.39 is 15.6 Å². The Morgan fingerprint density at radius 2 is 1.68 bits per heavy atom. The van der Waals surface area contributed by atoms with Gasteiger partial charge in [-0.25, -0.2) is 8.42 Å². The molecule has 1 saturated heterocycles. The molecule has 0 unspecified atom stereocenters. The van der Waals surface area contributed by atoms with Crippen LogP contribution >= 0.6 is 0 Å². The van der Waals surface area contributed by atoms with Crippen LogP contribution in [0.2, 0.25) is 0 Å². The first-order valence-corrected chi connectivity index (χ1v) is 11.0. The second-order valence-corrected chi connectivity index (χ2v) is 9.18. The largest absolute Gasteiger partial charge is 0.336 e. The molecule has 0 atom stereocenters. The summed E-state index contributed by atoms with van der Waals surface area (Å²) in [6, 6.07) is 8.52. The van der Waals surface area contributed by atoms with Crippen LogP contribution in [0.25, 0.3) is 0 Å². The standard InChI is InChI=1S/C20H23N3O4S/c24-19-18(6-3-9-21-19)20(25)22-10-12-23(13-11-22)28(26,27)17-8-7-15-4-1-2-5-16(15)14-17/h3,6-9,14H,1-2,4-5,10-13H2,(H,21,24). The lowest BCUT2D eigenvalue weighted by Gasteiger charge is -2.34. The quantitative estimate of drug-likeness (QED) is 0.842. The van der Waals surface area contributed by atoms with Crippen LogP contribution < -0.4 is 5.56 Å². The lowest BCUT2D eigenvalue weighted by molar-refractivity contribution is 0.0696. The summed E-state index contributed by atoms with van der Waals surface area (Å²) in [6.45, 7) is 0.959. The summed E-state index contributed by atoms with van der Waals surface area (Å²) in [4.78, 5) is 28.7. The first-order chi connectivity index (χ1) is 13.5. The maximum Gasteiger partial charge on any atom is 0.260 e. The number of aromatic amines is 1. The van der Waals surface area contributed by atoms with E-state index in [4.69, 9.17) is 0 Å². The van der Waals surface area contributed by atoms with Gasteiger partial charge in [-0.15, -0.1) is 0 Å². The zero-order chi connectivity index (χ0) is 19.7. The third kappa shape index (κ3) is 3.49. The predicted molar refractivity (Wildman–Crippen MR) is 105 cm³/mol. The first kappa shape index (κ1) is 18.9. The summed E-state index contributed by atoms with van der Waals surface area (Å²) in [5.74, 6) is -0.368. The number of aromatic nitrogens is 1. The lowest BCUT2D eigenvalue weighted by atomic mass is 9.92. The average Bonchev–Trinajstić information content (AvgIpc) is 2.73. The summed E-state index contributed by atoms with van der Waals surface area (Å²) in [5, 5.41) is 0. The van der Waals surface area contributed by atoms with Crippen LogP contribution in [-0.2, 0) is 22.9 Å². The molecule has 2 heterocycles. The zero-order valence-corrected chi connectivity index (χ0v) is 16.4. The van der Waals surface area contributed by atoms with Crippen molar-refractivity contribution in [1.82, 2.24) is 14.2 Å². The van der Waals surface area contributed by atoms with Gasteiger partial charge in [0.05, 0.1) is 4.90 Å². The number of nitrogens with one attached hydrogen (secondary N) is 1. The van der Waals surface area contributed by atoms with Crippen molar-refractivity contribution in [3.8, 4) is 0 Å². The van der Waals surface area contributed by atoms with E-state index in [1.807, 2.05) is 12.1 Å².